The van der Waals surface area contributed by atoms with Crippen LogP contribution in [0.15, 0.2) is 0 Å². The summed E-state index contributed by atoms with van der Waals surface area (Å²) >= 11 is 0. The second-order valence-corrected chi connectivity index (χ2v) is 5.98. The number of hydrogen-bond acceptors (Lipinski definition) is 4. The average molecular weight is 304 g/mol. The van der Waals surface area contributed by atoms with Gasteiger partial charge in [0, 0.05) is 6.61 Å². The Kier molecular flexibility index (Phi) is 14.7. The van der Waals surface area contributed by atoms with Gasteiger partial charge in [-0.2, -0.15) is 0 Å². The normalized spacial score (nSPS) is 15.9. The van der Waals surface area contributed by atoms with Crippen LogP contribution in [0.5, 0.6) is 0 Å². The van der Waals surface area contributed by atoms with Crippen LogP contribution in [0, 0.1) is 0 Å². The summed E-state index contributed by atoms with van der Waals surface area (Å²) in [5.41, 5.74) is 0. The van der Waals surface area contributed by atoms with Crippen LogP contribution in [0.1, 0.15) is 66.2 Å². The molecule has 0 aromatic rings. The van der Waals surface area contributed by atoms with Crippen molar-refractivity contribution in [2.24, 2.45) is 0 Å². The number of aliphatic hydroxyl groups is 1. The molecule has 0 aliphatic rings. The van der Waals surface area contributed by atoms with Crippen molar-refractivity contribution in [1.29, 1.82) is 0 Å². The van der Waals surface area contributed by atoms with Gasteiger partial charge in [0.15, 0.2) is 0 Å². The summed E-state index contributed by atoms with van der Waals surface area (Å²) < 4.78 is 16.7. The van der Waals surface area contributed by atoms with Crippen LogP contribution in [-0.4, -0.2) is 49.8 Å². The number of rotatable bonds is 15. The largest absolute Gasteiger partial charge is 0.391 e. The molecule has 21 heavy (non-hydrogen) atoms. The van der Waals surface area contributed by atoms with Crippen molar-refractivity contribution in [3.05, 3.63) is 0 Å². The topological polar surface area (TPSA) is 47.9 Å². The van der Waals surface area contributed by atoms with Gasteiger partial charge in [-0.15, -0.1) is 0 Å². The fourth-order valence-electron chi connectivity index (χ4n) is 1.93. The molecule has 0 rings (SSSR count). The Morgan fingerprint density at radius 3 is 2.00 bits per heavy atom. The SMILES string of the molecule is CCCCCCCCOCC(C)OCC(C)OCC(C)O. The van der Waals surface area contributed by atoms with Crippen molar-refractivity contribution in [1.82, 2.24) is 0 Å². The van der Waals surface area contributed by atoms with E-state index in [-0.39, 0.29) is 12.2 Å². The average Bonchev–Trinajstić information content (AvgIpc) is 2.45. The van der Waals surface area contributed by atoms with E-state index in [1.807, 2.05) is 13.8 Å². The van der Waals surface area contributed by atoms with E-state index in [1.165, 1.54) is 32.1 Å². The molecule has 0 bridgehead atoms. The van der Waals surface area contributed by atoms with Crippen LogP contribution < -0.4 is 0 Å². The summed E-state index contributed by atoms with van der Waals surface area (Å²) in [7, 11) is 0. The highest BCUT2D eigenvalue weighted by molar-refractivity contribution is 4.54. The Hall–Kier alpha value is -0.160. The van der Waals surface area contributed by atoms with Crippen molar-refractivity contribution in [3.63, 3.8) is 0 Å². The number of unbranched alkanes of at least 4 members (excludes halogenated alkanes) is 5. The fraction of sp³-hybridized carbons (Fsp3) is 1.00. The van der Waals surface area contributed by atoms with Gasteiger partial charge in [-0.3, -0.25) is 0 Å². The van der Waals surface area contributed by atoms with Gasteiger partial charge in [0.2, 0.25) is 0 Å². The van der Waals surface area contributed by atoms with Gasteiger partial charge < -0.3 is 19.3 Å². The van der Waals surface area contributed by atoms with E-state index < -0.39 is 6.10 Å². The first-order valence-electron chi connectivity index (χ1n) is 8.55. The summed E-state index contributed by atoms with van der Waals surface area (Å²) in [5, 5.41) is 9.13. The standard InChI is InChI=1S/C17H36O4/c1-5-6-7-8-9-10-11-19-13-16(3)21-14-17(4)20-12-15(2)18/h15-18H,5-14H2,1-4H3. The molecule has 0 fully saturated rings. The molecule has 0 aromatic carbocycles. The molecule has 0 aliphatic carbocycles. The monoisotopic (exact) mass is 304 g/mol. The molecule has 0 spiro atoms. The lowest BCUT2D eigenvalue weighted by molar-refractivity contribution is -0.0701. The van der Waals surface area contributed by atoms with Crippen LogP contribution >= 0.6 is 0 Å². The number of aliphatic hydroxyl groups excluding tert-OH is 1. The van der Waals surface area contributed by atoms with Crippen LogP contribution in [0.3, 0.4) is 0 Å². The van der Waals surface area contributed by atoms with Crippen molar-refractivity contribution >= 4 is 0 Å². The Bertz CT molecular complexity index is 209. The van der Waals surface area contributed by atoms with Gasteiger partial charge in [-0.25, -0.2) is 0 Å². The first kappa shape index (κ1) is 20.8. The van der Waals surface area contributed by atoms with E-state index in [0.29, 0.717) is 19.8 Å². The third-order valence-electron chi connectivity index (χ3n) is 3.23. The van der Waals surface area contributed by atoms with Gasteiger partial charge in [0.05, 0.1) is 38.1 Å². The van der Waals surface area contributed by atoms with Gasteiger partial charge in [0.25, 0.3) is 0 Å². The molecule has 3 unspecified atom stereocenters. The van der Waals surface area contributed by atoms with E-state index in [4.69, 9.17) is 19.3 Å². The summed E-state index contributed by atoms with van der Waals surface area (Å²) in [5.74, 6) is 0. The minimum absolute atomic E-state index is 0.000570. The lowest BCUT2D eigenvalue weighted by atomic mass is 10.1. The minimum Gasteiger partial charge on any atom is -0.391 e. The van der Waals surface area contributed by atoms with Crippen molar-refractivity contribution in [2.45, 2.75) is 84.5 Å². The molecule has 4 heteroatoms. The third-order valence-corrected chi connectivity index (χ3v) is 3.23. The third kappa shape index (κ3) is 16.0. The van der Waals surface area contributed by atoms with E-state index in [1.54, 1.807) is 6.92 Å². The Morgan fingerprint density at radius 2 is 1.33 bits per heavy atom. The zero-order valence-corrected chi connectivity index (χ0v) is 14.5. The summed E-state index contributed by atoms with van der Waals surface area (Å²) in [4.78, 5) is 0. The highest BCUT2D eigenvalue weighted by Gasteiger charge is 2.08. The fourth-order valence-corrected chi connectivity index (χ4v) is 1.93. The van der Waals surface area contributed by atoms with Gasteiger partial charge >= 0.3 is 0 Å². The van der Waals surface area contributed by atoms with Crippen LogP contribution in [-0.2, 0) is 14.2 Å². The predicted octanol–water partition coefficient (Wildman–Crippen LogP) is 3.55. The molecule has 0 saturated carbocycles. The van der Waals surface area contributed by atoms with E-state index >= 15 is 0 Å². The molecular weight excluding hydrogens is 268 g/mol. The van der Waals surface area contributed by atoms with Crippen LogP contribution in [0.25, 0.3) is 0 Å². The maximum atomic E-state index is 9.13. The molecular formula is C17H36O4. The van der Waals surface area contributed by atoms with Gasteiger partial charge in [-0.1, -0.05) is 39.0 Å². The van der Waals surface area contributed by atoms with Gasteiger partial charge in [-0.05, 0) is 27.2 Å². The lowest BCUT2D eigenvalue weighted by Gasteiger charge is -2.18. The summed E-state index contributed by atoms with van der Waals surface area (Å²) in [6, 6.07) is 0. The van der Waals surface area contributed by atoms with Gasteiger partial charge in [0.1, 0.15) is 0 Å². The van der Waals surface area contributed by atoms with Crippen molar-refractivity contribution < 1.29 is 19.3 Å². The molecule has 0 amide bonds. The van der Waals surface area contributed by atoms with Crippen molar-refractivity contribution in [2.75, 3.05) is 26.4 Å². The van der Waals surface area contributed by atoms with Crippen molar-refractivity contribution in [3.8, 4) is 0 Å². The molecule has 0 heterocycles. The highest BCUT2D eigenvalue weighted by atomic mass is 16.6. The predicted molar refractivity (Wildman–Crippen MR) is 86.7 cm³/mol. The molecule has 0 radical (unpaired) electrons. The molecule has 1 N–H and O–H groups in total. The van der Waals surface area contributed by atoms with E-state index in [9.17, 15) is 0 Å². The van der Waals surface area contributed by atoms with Crippen LogP contribution in [0.4, 0.5) is 0 Å². The number of hydrogen-bond donors (Lipinski definition) is 1. The smallest absolute Gasteiger partial charge is 0.0781 e. The zero-order chi connectivity index (χ0) is 15.9. The number of ether oxygens (including phenoxy) is 3. The second kappa shape index (κ2) is 14.8. The lowest BCUT2D eigenvalue weighted by Crippen LogP contribution is -2.25. The second-order valence-electron chi connectivity index (χ2n) is 5.98. The zero-order valence-electron chi connectivity index (χ0n) is 14.5. The molecule has 128 valence electrons. The molecule has 4 nitrogen and oxygen atoms in total. The maximum Gasteiger partial charge on any atom is 0.0781 e. The Labute approximate surface area is 131 Å². The first-order valence-corrected chi connectivity index (χ1v) is 8.55. The minimum atomic E-state index is -0.425. The maximum absolute atomic E-state index is 9.13. The first-order chi connectivity index (χ1) is 10.1. The quantitative estimate of drug-likeness (QED) is 0.470. The van der Waals surface area contributed by atoms with Crippen LogP contribution in [0.2, 0.25) is 0 Å². The summed E-state index contributed by atoms with van der Waals surface area (Å²) in [6.45, 7) is 10.3. The molecule has 0 saturated heterocycles. The highest BCUT2D eigenvalue weighted by Crippen LogP contribution is 2.05. The van der Waals surface area contributed by atoms with E-state index in [0.717, 1.165) is 13.0 Å². The molecule has 3 atom stereocenters. The molecule has 0 aromatic heterocycles. The van der Waals surface area contributed by atoms with E-state index in [2.05, 4.69) is 6.92 Å². The Balaban J connectivity index is 3.32. The Morgan fingerprint density at radius 1 is 0.762 bits per heavy atom. The summed E-state index contributed by atoms with van der Waals surface area (Å²) in [6.07, 6.45) is 7.38. The molecule has 0 aliphatic heterocycles.